The Hall–Kier alpha value is -5.22. The smallest absolute Gasteiger partial charge is 0.217 e. The molecule has 11 heterocycles. The van der Waals surface area contributed by atoms with Gasteiger partial charge in [-0.25, -0.2) is 0 Å². The molecule has 0 aromatic rings. The number of aliphatic hydroxyl groups excluding tert-OH is 29. The lowest BCUT2D eigenvalue weighted by atomic mass is 9.93. The van der Waals surface area contributed by atoms with E-state index in [1.165, 1.54) is 6.92 Å². The molecular formula is C80H134N6O57. The molecule has 0 spiro atoms. The van der Waals surface area contributed by atoms with Crippen molar-refractivity contribution in [3.05, 3.63) is 0 Å². The third-order valence-corrected chi connectivity index (χ3v) is 25.9. The van der Waals surface area contributed by atoms with Gasteiger partial charge in [0.1, 0.15) is 262 Å². The minimum absolute atomic E-state index is 0.231. The molecule has 11 rings (SSSR count). The van der Waals surface area contributed by atoms with Gasteiger partial charge < -0.3 is 284 Å². The summed E-state index contributed by atoms with van der Waals surface area (Å²) in [6.07, 6.45) is -105. The van der Waals surface area contributed by atoms with Crippen LogP contribution in [0.2, 0.25) is 0 Å². The summed E-state index contributed by atoms with van der Waals surface area (Å²) in [6.45, 7) is -6.95. The van der Waals surface area contributed by atoms with Gasteiger partial charge in [0.25, 0.3) is 0 Å². The topological polar surface area (TPSA) is 964 Å². The van der Waals surface area contributed by atoms with Crippen LogP contribution >= 0.6 is 0 Å². The second-order valence-corrected chi connectivity index (χ2v) is 36.0. The van der Waals surface area contributed by atoms with Crippen LogP contribution in [0.5, 0.6) is 0 Å². The molecule has 11 aliphatic heterocycles. The highest BCUT2D eigenvalue weighted by molar-refractivity contribution is 5.75. The standard InChI is InChI=1S/C80H134N6O57/c1-20-42(103)54(115)56(117)76(124-20)143-69-68(142-72-38(83-22(3)99)50(111)44(105)28(9-89)126-72)47(108)31(12-92)129-80(69)138-63-32(13-93)130-70(39(51(63)112)84-23(4)100)123-18-36-48(109)67(141-74-41(86-25(6)102)52(113)61(33(14-94)132-74)135-77-58(119)65(45(106)29(10-90)127-77)139-71-37(82-21(2)98)49(110)43(104)27(8-88)125-71)60(121)79(134-36)136-62-34(15-95)131-73(40(53(62)114)85-24(5)101)140-66-46(107)30(11-91)128-78(59(66)120)137-64-35(16-96)133-75(57(118)55(64)116)122-17-26(7-87)81-19-97/h19-20,26-80,87-96,103-121H,7-18H2,1-6H3,(H,81,97)(H,82,98)(H,83,99)(H,84,100)(H,85,101)(H,86,102)/t20-,26+,27+,28+,29+,30+,31+,32+,33+,34+,35+,36+,37+,38+,39+,40+,41+,42+,43-,44-,45-,46-,47-,48-,49+,50+,51+,52+,53+,54+,55+,56-,57+,58+,59+,60+,61+,62+,63+,64+,65-,66-,67-,68-,69+,70+,71+,72+,73-,74-,75+,76-,77-,78-,79-,80-/m0/s1. The predicted molar refractivity (Wildman–Crippen MR) is 443 cm³/mol. The van der Waals surface area contributed by atoms with E-state index in [9.17, 15) is 177 Å². The maximum atomic E-state index is 13.5. The summed E-state index contributed by atoms with van der Waals surface area (Å²) >= 11 is 0. The maximum Gasteiger partial charge on any atom is 0.217 e. The molecule has 0 bridgehead atoms. The Labute approximate surface area is 810 Å². The number of nitrogens with one attached hydrogen (secondary N) is 6. The fourth-order valence-electron chi connectivity index (χ4n) is 18.4. The quantitative estimate of drug-likeness (QED) is 0.0253. The molecule has 11 fully saturated rings. The van der Waals surface area contributed by atoms with E-state index in [1.54, 1.807) is 0 Å². The molecule has 826 valence electrons. The Bertz CT molecular complexity index is 3960. The molecule has 143 heavy (non-hydrogen) atoms. The highest BCUT2D eigenvalue weighted by Crippen LogP contribution is 2.43. The Morgan fingerprint density at radius 3 is 0.860 bits per heavy atom. The number of aliphatic hydroxyl groups is 29. The van der Waals surface area contributed by atoms with E-state index in [0.717, 1.165) is 34.6 Å². The minimum atomic E-state index is -2.63. The summed E-state index contributed by atoms with van der Waals surface area (Å²) in [7, 11) is 0. The third kappa shape index (κ3) is 26.9. The third-order valence-electron chi connectivity index (χ3n) is 25.9. The number of amides is 6. The summed E-state index contributed by atoms with van der Waals surface area (Å²) in [4.78, 5) is 76.4. The zero-order valence-electron chi connectivity index (χ0n) is 77.3. The van der Waals surface area contributed by atoms with Gasteiger partial charge >= 0.3 is 0 Å². The fraction of sp³-hybridized carbons (Fsp3) is 0.925. The fourth-order valence-corrected chi connectivity index (χ4v) is 18.4. The van der Waals surface area contributed by atoms with Crippen molar-refractivity contribution >= 4 is 35.9 Å². The van der Waals surface area contributed by atoms with E-state index in [-0.39, 0.29) is 6.41 Å². The molecule has 63 nitrogen and oxygen atoms in total. The Balaban J connectivity index is 0.908. The van der Waals surface area contributed by atoms with Crippen LogP contribution in [0, 0.1) is 0 Å². The van der Waals surface area contributed by atoms with Crippen molar-refractivity contribution in [2.24, 2.45) is 0 Å². The molecule has 0 radical (unpaired) electrons. The molecule has 0 aliphatic carbocycles. The molecule has 11 aliphatic rings. The van der Waals surface area contributed by atoms with Crippen LogP contribution in [0.25, 0.3) is 0 Å². The molecule has 0 aromatic carbocycles. The van der Waals surface area contributed by atoms with Crippen molar-refractivity contribution < 1.29 is 281 Å². The van der Waals surface area contributed by atoms with Crippen molar-refractivity contribution in [1.29, 1.82) is 0 Å². The molecule has 0 unspecified atom stereocenters. The van der Waals surface area contributed by atoms with Gasteiger partial charge in [-0.05, 0) is 6.92 Å². The van der Waals surface area contributed by atoms with Gasteiger partial charge in [-0.1, -0.05) is 0 Å². The highest BCUT2D eigenvalue weighted by atomic mass is 16.8. The lowest BCUT2D eigenvalue weighted by Gasteiger charge is -2.51. The van der Waals surface area contributed by atoms with E-state index < -0.39 is 452 Å². The zero-order valence-corrected chi connectivity index (χ0v) is 77.3. The van der Waals surface area contributed by atoms with Gasteiger partial charge in [0.15, 0.2) is 69.2 Å². The molecule has 6 amide bonds. The molecule has 56 atom stereocenters. The van der Waals surface area contributed by atoms with Crippen LogP contribution in [0.3, 0.4) is 0 Å². The molecule has 11 saturated heterocycles. The molecular weight excluding hydrogens is 1960 g/mol. The largest absolute Gasteiger partial charge is 0.394 e. The second-order valence-electron chi connectivity index (χ2n) is 36.0. The Morgan fingerprint density at radius 2 is 0.503 bits per heavy atom. The molecule has 63 heteroatoms. The summed E-state index contributed by atoms with van der Waals surface area (Å²) in [5, 5.41) is 343. The van der Waals surface area contributed by atoms with Crippen LogP contribution in [0.15, 0.2) is 0 Å². The van der Waals surface area contributed by atoms with Crippen molar-refractivity contribution in [2.75, 3.05) is 79.3 Å². The average molecular weight is 2090 g/mol. The summed E-state index contributed by atoms with van der Waals surface area (Å²) < 4.78 is 132. The lowest BCUT2D eigenvalue weighted by molar-refractivity contribution is -0.400. The normalized spacial score (nSPS) is 47.5. The monoisotopic (exact) mass is 2090 g/mol. The minimum Gasteiger partial charge on any atom is -0.394 e. The van der Waals surface area contributed by atoms with Gasteiger partial charge in [-0.3, -0.25) is 28.8 Å². The van der Waals surface area contributed by atoms with Gasteiger partial charge in [0.05, 0.1) is 91.4 Å². The molecule has 35 N–H and O–H groups in total. The maximum absolute atomic E-state index is 13.5. The van der Waals surface area contributed by atoms with Gasteiger partial charge in [0, 0.05) is 34.6 Å². The number of hydrogen-bond donors (Lipinski definition) is 35. The number of hydrogen-bond acceptors (Lipinski definition) is 57. The van der Waals surface area contributed by atoms with Crippen molar-refractivity contribution in [2.45, 2.75) is 385 Å². The Morgan fingerprint density at radius 1 is 0.245 bits per heavy atom. The summed E-state index contributed by atoms with van der Waals surface area (Å²) in [6, 6.07) is -10.9. The number of carbonyl (C=O) groups excluding carboxylic acids is 6. The SMILES string of the molecule is CC(=O)N[C@H]1[C@H](O[C@H]2[C@@H](O)[C@@H](CO)O[C@@H](O[C@H]3[C@H](O)[C@@H](O)[C@H](OC[C@@H](CO)NC=O)O[C@@H]3CO)[C@@H]2O)O[C@H](CO)[C@@H](O[C@@H]2O[C@H](CO[C@@H]3O[C@H](CO)[C@@H](O[C@@H]4O[C@H](CO)[C@H](O)[C@H](O[C@H]5O[C@H](CO)[C@H](O)[C@H](O)[C@H]5NC(C)=O)[C@H]4O[C@@H]4O[C@@H](C)[C@@H](O)[C@@H](O)[C@@H]4O)[C@H](O)[C@H]3NC(C)=O)[C@H](O)[C@H](O[C@@H]3O[C@H](CO)[C@@H](O[C@@H]4O[C@H](CO)[C@H](O)[C@H](O[C@H]5O[C@H](CO)[C@H](O)[C@H](O)[C@H]5NC(C)=O)[C@H]4O)[C@H](O)[C@H]3NC(C)=O)[C@H]2O)[C@@H]1O. The highest BCUT2D eigenvalue weighted by Gasteiger charge is 2.64. The number of rotatable bonds is 41. The van der Waals surface area contributed by atoms with Crippen LogP contribution in [-0.4, -0.2) is 607 Å². The molecule has 0 saturated carbocycles. The van der Waals surface area contributed by atoms with E-state index in [4.69, 9.17) is 104 Å². The first-order valence-electron chi connectivity index (χ1n) is 45.7. The second kappa shape index (κ2) is 52.7. The molecule has 0 aromatic heterocycles. The van der Waals surface area contributed by atoms with Crippen molar-refractivity contribution in [3.63, 3.8) is 0 Å². The van der Waals surface area contributed by atoms with Gasteiger partial charge in [0.2, 0.25) is 35.9 Å². The first kappa shape index (κ1) is 118. The van der Waals surface area contributed by atoms with Crippen LogP contribution in [-0.2, 0) is 133 Å². The van der Waals surface area contributed by atoms with E-state index in [0.29, 0.717) is 0 Å². The predicted octanol–water partition coefficient (Wildman–Crippen LogP) is -24.1. The van der Waals surface area contributed by atoms with Crippen LogP contribution < -0.4 is 31.9 Å². The average Bonchev–Trinajstić information content (AvgIpc) is 0.760. The summed E-state index contributed by atoms with van der Waals surface area (Å²) in [5.74, 6) is -4.84. The van der Waals surface area contributed by atoms with Crippen LogP contribution in [0.1, 0.15) is 41.5 Å². The van der Waals surface area contributed by atoms with E-state index in [1.807, 2.05) is 0 Å². The lowest BCUT2D eigenvalue weighted by Crippen LogP contribution is -2.71. The van der Waals surface area contributed by atoms with E-state index in [2.05, 4.69) is 31.9 Å². The Kier molecular flexibility index (Phi) is 43.5. The van der Waals surface area contributed by atoms with Crippen LogP contribution in [0.4, 0.5) is 0 Å². The van der Waals surface area contributed by atoms with Crippen molar-refractivity contribution in [1.82, 2.24) is 31.9 Å². The van der Waals surface area contributed by atoms with Gasteiger partial charge in [-0.2, -0.15) is 0 Å². The van der Waals surface area contributed by atoms with Crippen molar-refractivity contribution in [3.8, 4) is 0 Å². The number of ether oxygens (including phenoxy) is 22. The van der Waals surface area contributed by atoms with E-state index >= 15 is 0 Å². The number of carbonyl (C=O) groups is 6. The first-order chi connectivity index (χ1) is 67.8. The summed E-state index contributed by atoms with van der Waals surface area (Å²) in [5.41, 5.74) is 0. The zero-order chi connectivity index (χ0) is 105. The first-order valence-corrected chi connectivity index (χ1v) is 45.7. The van der Waals surface area contributed by atoms with Gasteiger partial charge in [-0.15, -0.1) is 0 Å².